The molecule has 0 saturated carbocycles. The standard InChI is InChI=1S/C20H28N2O5S/c1-16(19(23)21-12-6-7-13-21)27-20(24)17-8-10-18(11-9-17)28(25,26)22-14-4-2-3-5-15-22/h8-11,16H,2-7,12-15H2,1H3/t16-/m0/s1. The average molecular weight is 409 g/mol. The van der Waals surface area contributed by atoms with E-state index in [0.717, 1.165) is 38.5 Å². The number of carbonyl (C=O) groups is 2. The zero-order chi connectivity index (χ0) is 20.1. The summed E-state index contributed by atoms with van der Waals surface area (Å²) in [6, 6.07) is 5.76. The zero-order valence-electron chi connectivity index (χ0n) is 16.3. The number of benzene rings is 1. The summed E-state index contributed by atoms with van der Waals surface area (Å²) in [6.07, 6.45) is 4.92. The Morgan fingerprint density at radius 1 is 0.893 bits per heavy atom. The number of nitrogens with zero attached hydrogens (tertiary/aromatic N) is 2. The van der Waals surface area contributed by atoms with E-state index in [1.807, 2.05) is 0 Å². The molecule has 0 spiro atoms. The topological polar surface area (TPSA) is 84.0 Å². The molecule has 0 N–H and O–H groups in total. The van der Waals surface area contributed by atoms with E-state index >= 15 is 0 Å². The monoisotopic (exact) mass is 408 g/mol. The van der Waals surface area contributed by atoms with Gasteiger partial charge in [0.2, 0.25) is 10.0 Å². The Morgan fingerprint density at radius 2 is 1.43 bits per heavy atom. The summed E-state index contributed by atoms with van der Waals surface area (Å²) in [5.74, 6) is -0.815. The summed E-state index contributed by atoms with van der Waals surface area (Å²) in [6.45, 7) is 4.02. The minimum atomic E-state index is -3.55. The van der Waals surface area contributed by atoms with Gasteiger partial charge in [-0.25, -0.2) is 13.2 Å². The molecule has 2 aliphatic heterocycles. The zero-order valence-corrected chi connectivity index (χ0v) is 17.1. The van der Waals surface area contributed by atoms with Gasteiger partial charge >= 0.3 is 5.97 Å². The number of hydrogen-bond donors (Lipinski definition) is 0. The average Bonchev–Trinajstić information content (AvgIpc) is 3.08. The minimum Gasteiger partial charge on any atom is -0.449 e. The van der Waals surface area contributed by atoms with Crippen molar-refractivity contribution in [3.05, 3.63) is 29.8 Å². The molecule has 28 heavy (non-hydrogen) atoms. The highest BCUT2D eigenvalue weighted by Crippen LogP contribution is 2.21. The summed E-state index contributed by atoms with van der Waals surface area (Å²) in [7, 11) is -3.55. The summed E-state index contributed by atoms with van der Waals surface area (Å²) in [5, 5.41) is 0. The molecule has 8 heteroatoms. The van der Waals surface area contributed by atoms with Crippen LogP contribution in [0.3, 0.4) is 0 Å². The van der Waals surface area contributed by atoms with Crippen LogP contribution in [0.2, 0.25) is 0 Å². The van der Waals surface area contributed by atoms with Gasteiger partial charge in [0.1, 0.15) is 0 Å². The molecule has 1 atom stereocenters. The summed E-state index contributed by atoms with van der Waals surface area (Å²) in [4.78, 5) is 26.5. The summed E-state index contributed by atoms with van der Waals surface area (Å²) < 4.78 is 32.4. The van der Waals surface area contributed by atoms with Gasteiger partial charge in [-0.3, -0.25) is 4.79 Å². The van der Waals surface area contributed by atoms with Crippen molar-refractivity contribution in [1.29, 1.82) is 0 Å². The van der Waals surface area contributed by atoms with E-state index in [-0.39, 0.29) is 16.4 Å². The molecule has 2 fully saturated rings. The Labute approximate surface area is 166 Å². The third kappa shape index (κ3) is 4.72. The van der Waals surface area contributed by atoms with Crippen molar-refractivity contribution in [2.75, 3.05) is 26.2 Å². The van der Waals surface area contributed by atoms with Gasteiger partial charge in [0, 0.05) is 26.2 Å². The lowest BCUT2D eigenvalue weighted by Gasteiger charge is -2.21. The molecule has 0 aliphatic carbocycles. The lowest BCUT2D eigenvalue weighted by Crippen LogP contribution is -2.38. The molecule has 0 unspecified atom stereocenters. The van der Waals surface area contributed by atoms with Crippen molar-refractivity contribution < 1.29 is 22.7 Å². The van der Waals surface area contributed by atoms with Gasteiger partial charge in [-0.05, 0) is 56.9 Å². The van der Waals surface area contributed by atoms with Crippen molar-refractivity contribution in [2.45, 2.75) is 56.4 Å². The smallest absolute Gasteiger partial charge is 0.338 e. The van der Waals surface area contributed by atoms with Crippen LogP contribution in [-0.4, -0.2) is 61.8 Å². The molecular formula is C20H28N2O5S. The maximum atomic E-state index is 12.8. The van der Waals surface area contributed by atoms with Crippen LogP contribution < -0.4 is 0 Å². The van der Waals surface area contributed by atoms with E-state index in [9.17, 15) is 18.0 Å². The summed E-state index contributed by atoms with van der Waals surface area (Å²) in [5.41, 5.74) is 0.232. The maximum absolute atomic E-state index is 12.8. The van der Waals surface area contributed by atoms with Crippen LogP contribution in [0, 0.1) is 0 Å². The van der Waals surface area contributed by atoms with E-state index in [1.165, 1.54) is 28.6 Å². The quantitative estimate of drug-likeness (QED) is 0.699. The van der Waals surface area contributed by atoms with Gasteiger partial charge < -0.3 is 9.64 Å². The van der Waals surface area contributed by atoms with Gasteiger partial charge in [-0.2, -0.15) is 4.31 Å². The first-order valence-corrected chi connectivity index (χ1v) is 11.4. The van der Waals surface area contributed by atoms with Crippen LogP contribution in [0.1, 0.15) is 55.8 Å². The SMILES string of the molecule is C[C@H](OC(=O)c1ccc(S(=O)(=O)N2CCCCCC2)cc1)C(=O)N1CCCC1. The third-order valence-corrected chi connectivity index (χ3v) is 7.26. The molecule has 0 radical (unpaired) electrons. The molecular weight excluding hydrogens is 380 g/mol. The van der Waals surface area contributed by atoms with E-state index < -0.39 is 22.1 Å². The molecule has 3 rings (SSSR count). The Morgan fingerprint density at radius 3 is 2.00 bits per heavy atom. The molecule has 2 heterocycles. The van der Waals surface area contributed by atoms with E-state index in [4.69, 9.17) is 4.74 Å². The second-order valence-corrected chi connectivity index (χ2v) is 9.36. The second kappa shape index (κ2) is 9.05. The number of likely N-dealkylation sites (tertiary alicyclic amines) is 1. The van der Waals surface area contributed by atoms with E-state index in [0.29, 0.717) is 26.2 Å². The molecule has 1 aromatic rings. The van der Waals surface area contributed by atoms with Crippen LogP contribution in [-0.2, 0) is 19.6 Å². The Kier molecular flexibility index (Phi) is 6.72. The van der Waals surface area contributed by atoms with Crippen molar-refractivity contribution in [3.63, 3.8) is 0 Å². The number of carbonyl (C=O) groups excluding carboxylic acids is 2. The highest BCUT2D eigenvalue weighted by Gasteiger charge is 2.27. The first-order chi connectivity index (χ1) is 13.4. The van der Waals surface area contributed by atoms with E-state index in [2.05, 4.69) is 0 Å². The van der Waals surface area contributed by atoms with Crippen LogP contribution >= 0.6 is 0 Å². The van der Waals surface area contributed by atoms with Crippen LogP contribution in [0.5, 0.6) is 0 Å². The molecule has 1 amide bonds. The van der Waals surface area contributed by atoms with Crippen molar-refractivity contribution in [1.82, 2.24) is 9.21 Å². The van der Waals surface area contributed by atoms with Crippen LogP contribution in [0.15, 0.2) is 29.2 Å². The fourth-order valence-electron chi connectivity index (χ4n) is 3.67. The lowest BCUT2D eigenvalue weighted by molar-refractivity contribution is -0.138. The lowest BCUT2D eigenvalue weighted by atomic mass is 10.2. The number of hydrogen-bond acceptors (Lipinski definition) is 5. The highest BCUT2D eigenvalue weighted by atomic mass is 32.2. The van der Waals surface area contributed by atoms with Gasteiger partial charge in [-0.15, -0.1) is 0 Å². The van der Waals surface area contributed by atoms with Crippen molar-refractivity contribution in [3.8, 4) is 0 Å². The fraction of sp³-hybridized carbons (Fsp3) is 0.600. The van der Waals surface area contributed by atoms with Crippen molar-refractivity contribution >= 4 is 21.9 Å². The first-order valence-electron chi connectivity index (χ1n) is 9.99. The number of rotatable bonds is 5. The largest absolute Gasteiger partial charge is 0.449 e. The van der Waals surface area contributed by atoms with Gasteiger partial charge in [0.25, 0.3) is 5.91 Å². The normalized spacial score (nSPS) is 19.8. The van der Waals surface area contributed by atoms with Gasteiger partial charge in [0.15, 0.2) is 6.10 Å². The molecule has 1 aromatic carbocycles. The Bertz CT molecular complexity index is 792. The number of amides is 1. The highest BCUT2D eigenvalue weighted by molar-refractivity contribution is 7.89. The molecule has 0 aromatic heterocycles. The second-order valence-electron chi connectivity index (χ2n) is 7.42. The Balaban J connectivity index is 1.64. The van der Waals surface area contributed by atoms with Gasteiger partial charge in [0.05, 0.1) is 10.5 Å². The molecule has 2 saturated heterocycles. The Hall–Kier alpha value is -1.93. The van der Waals surface area contributed by atoms with Crippen molar-refractivity contribution in [2.24, 2.45) is 0 Å². The maximum Gasteiger partial charge on any atom is 0.338 e. The van der Waals surface area contributed by atoms with Gasteiger partial charge in [-0.1, -0.05) is 12.8 Å². The minimum absolute atomic E-state index is 0.173. The molecule has 0 bridgehead atoms. The predicted octanol–water partition coefficient (Wildman–Crippen LogP) is 2.42. The van der Waals surface area contributed by atoms with E-state index in [1.54, 1.807) is 11.8 Å². The van der Waals surface area contributed by atoms with Crippen LogP contribution in [0.25, 0.3) is 0 Å². The third-order valence-electron chi connectivity index (χ3n) is 5.34. The number of sulfonamides is 1. The van der Waals surface area contributed by atoms with Crippen LogP contribution in [0.4, 0.5) is 0 Å². The fourth-order valence-corrected chi connectivity index (χ4v) is 5.18. The predicted molar refractivity (Wildman–Crippen MR) is 104 cm³/mol. The molecule has 7 nitrogen and oxygen atoms in total. The number of ether oxygens (including phenoxy) is 1. The summed E-state index contributed by atoms with van der Waals surface area (Å²) >= 11 is 0. The number of esters is 1. The molecule has 2 aliphatic rings. The molecule has 154 valence electrons. The first kappa shape index (κ1) is 20.8.